The SMILES string of the molecule is C=C(C)C(=O)OC(=O)[C@H](O)[C@@H](O)[C@H](O)[C@H](O)CO. The van der Waals surface area contributed by atoms with Crippen molar-refractivity contribution in [3.63, 3.8) is 0 Å². The Morgan fingerprint density at radius 1 is 1.17 bits per heavy atom. The normalized spacial score (nSPS) is 17.4. The molecule has 5 N–H and O–H groups in total. The fourth-order valence-electron chi connectivity index (χ4n) is 0.901. The summed E-state index contributed by atoms with van der Waals surface area (Å²) in [5.41, 5.74) is -0.0963. The van der Waals surface area contributed by atoms with Crippen molar-refractivity contribution in [2.45, 2.75) is 31.3 Å². The van der Waals surface area contributed by atoms with Crippen molar-refractivity contribution >= 4 is 11.9 Å². The van der Waals surface area contributed by atoms with Crippen molar-refractivity contribution < 1.29 is 39.9 Å². The van der Waals surface area contributed by atoms with Crippen molar-refractivity contribution in [3.05, 3.63) is 12.2 Å². The summed E-state index contributed by atoms with van der Waals surface area (Å²) >= 11 is 0. The van der Waals surface area contributed by atoms with Crippen LogP contribution < -0.4 is 0 Å². The molecule has 4 atom stereocenters. The van der Waals surface area contributed by atoms with E-state index in [-0.39, 0.29) is 5.57 Å². The van der Waals surface area contributed by atoms with Gasteiger partial charge in [-0.1, -0.05) is 6.58 Å². The zero-order valence-corrected chi connectivity index (χ0v) is 9.68. The summed E-state index contributed by atoms with van der Waals surface area (Å²) in [7, 11) is 0. The first-order chi connectivity index (χ1) is 8.22. The van der Waals surface area contributed by atoms with E-state index in [0.717, 1.165) is 0 Å². The van der Waals surface area contributed by atoms with E-state index in [2.05, 4.69) is 11.3 Å². The molecular weight excluding hydrogens is 248 g/mol. The minimum Gasteiger partial charge on any atom is -0.394 e. The highest BCUT2D eigenvalue weighted by Gasteiger charge is 2.36. The smallest absolute Gasteiger partial charge is 0.345 e. The third-order valence-corrected chi connectivity index (χ3v) is 2.04. The van der Waals surface area contributed by atoms with Crippen molar-refractivity contribution in [1.82, 2.24) is 0 Å². The van der Waals surface area contributed by atoms with Crippen molar-refractivity contribution in [2.24, 2.45) is 0 Å². The van der Waals surface area contributed by atoms with Crippen LogP contribution in [-0.2, 0) is 14.3 Å². The van der Waals surface area contributed by atoms with Crippen LogP contribution in [0.5, 0.6) is 0 Å². The number of hydrogen-bond acceptors (Lipinski definition) is 8. The first-order valence-electron chi connectivity index (χ1n) is 4.97. The van der Waals surface area contributed by atoms with Gasteiger partial charge in [-0.15, -0.1) is 0 Å². The van der Waals surface area contributed by atoms with E-state index in [1.54, 1.807) is 0 Å². The summed E-state index contributed by atoms with van der Waals surface area (Å²) in [5, 5.41) is 45.3. The second-order valence-corrected chi connectivity index (χ2v) is 3.66. The molecule has 0 rings (SSSR count). The molecule has 8 nitrogen and oxygen atoms in total. The molecule has 0 heterocycles. The monoisotopic (exact) mass is 264 g/mol. The number of hydrogen-bond donors (Lipinski definition) is 5. The molecule has 18 heavy (non-hydrogen) atoms. The number of aliphatic hydroxyl groups is 5. The zero-order chi connectivity index (χ0) is 14.5. The highest BCUT2D eigenvalue weighted by atomic mass is 16.6. The fourth-order valence-corrected chi connectivity index (χ4v) is 0.901. The number of carbonyl (C=O) groups is 2. The van der Waals surface area contributed by atoms with Gasteiger partial charge in [0.25, 0.3) is 0 Å². The number of rotatable bonds is 6. The number of ether oxygens (including phenoxy) is 1. The molecular formula is C10H16O8. The summed E-state index contributed by atoms with van der Waals surface area (Å²) in [4.78, 5) is 22.1. The van der Waals surface area contributed by atoms with Gasteiger partial charge in [0, 0.05) is 5.57 Å². The summed E-state index contributed by atoms with van der Waals surface area (Å²) in [6, 6.07) is 0. The van der Waals surface area contributed by atoms with Crippen molar-refractivity contribution in [3.8, 4) is 0 Å². The first-order valence-corrected chi connectivity index (χ1v) is 4.97. The van der Waals surface area contributed by atoms with Gasteiger partial charge in [0.05, 0.1) is 6.61 Å². The van der Waals surface area contributed by atoms with E-state index < -0.39 is 43.0 Å². The average molecular weight is 264 g/mol. The molecule has 0 radical (unpaired) electrons. The standard InChI is InChI=1S/C10H16O8/c1-4(2)9(16)18-10(17)8(15)7(14)6(13)5(12)3-11/h5-8,11-15H,1,3H2,2H3/t5-,6-,7+,8-/m1/s1. The molecule has 0 bridgehead atoms. The molecule has 0 fully saturated rings. The Balaban J connectivity index is 4.54. The predicted molar refractivity (Wildman–Crippen MR) is 57.0 cm³/mol. The Morgan fingerprint density at radius 2 is 1.67 bits per heavy atom. The molecule has 0 aromatic heterocycles. The molecule has 104 valence electrons. The van der Waals surface area contributed by atoms with Crippen LogP contribution in [0.3, 0.4) is 0 Å². The average Bonchev–Trinajstić information content (AvgIpc) is 2.34. The number of aliphatic hydroxyl groups excluding tert-OH is 5. The van der Waals surface area contributed by atoms with Crippen molar-refractivity contribution in [2.75, 3.05) is 6.61 Å². The molecule has 0 spiro atoms. The topological polar surface area (TPSA) is 145 Å². The minimum atomic E-state index is -2.25. The second-order valence-electron chi connectivity index (χ2n) is 3.66. The van der Waals surface area contributed by atoms with Gasteiger partial charge in [-0.05, 0) is 6.92 Å². The van der Waals surface area contributed by atoms with Gasteiger partial charge < -0.3 is 30.3 Å². The summed E-state index contributed by atoms with van der Waals surface area (Å²) in [5.74, 6) is -2.59. The Labute approximate surface area is 103 Å². The molecule has 0 unspecified atom stereocenters. The van der Waals surface area contributed by atoms with Crippen LogP contribution in [-0.4, -0.2) is 68.5 Å². The van der Waals surface area contributed by atoms with Crippen LogP contribution >= 0.6 is 0 Å². The maximum absolute atomic E-state index is 11.2. The van der Waals surface area contributed by atoms with Gasteiger partial charge in [-0.3, -0.25) is 0 Å². The van der Waals surface area contributed by atoms with E-state index in [1.165, 1.54) is 6.92 Å². The Morgan fingerprint density at radius 3 is 2.06 bits per heavy atom. The van der Waals surface area contributed by atoms with E-state index in [0.29, 0.717) is 0 Å². The van der Waals surface area contributed by atoms with E-state index in [9.17, 15) is 24.9 Å². The summed E-state index contributed by atoms with van der Waals surface area (Å²) in [6.07, 6.45) is -8.08. The van der Waals surface area contributed by atoms with Crippen LogP contribution in [0.1, 0.15) is 6.92 Å². The van der Waals surface area contributed by atoms with Gasteiger partial charge in [0.15, 0.2) is 6.10 Å². The lowest BCUT2D eigenvalue weighted by atomic mass is 10.0. The largest absolute Gasteiger partial charge is 0.394 e. The maximum atomic E-state index is 11.2. The van der Waals surface area contributed by atoms with Crippen LogP contribution in [0.2, 0.25) is 0 Å². The highest BCUT2D eigenvalue weighted by Crippen LogP contribution is 2.07. The van der Waals surface area contributed by atoms with Crippen LogP contribution in [0.25, 0.3) is 0 Å². The third kappa shape index (κ3) is 4.51. The molecule has 0 aliphatic carbocycles. The quantitative estimate of drug-likeness (QED) is 0.195. The molecule has 0 saturated carbocycles. The lowest BCUT2D eigenvalue weighted by Gasteiger charge is -2.24. The van der Waals surface area contributed by atoms with Crippen LogP contribution in [0, 0.1) is 0 Å². The molecule has 0 aromatic rings. The molecule has 0 aromatic carbocycles. The van der Waals surface area contributed by atoms with Gasteiger partial charge in [-0.2, -0.15) is 0 Å². The molecule has 8 heteroatoms. The molecule has 0 aliphatic rings. The number of esters is 2. The van der Waals surface area contributed by atoms with Crippen molar-refractivity contribution in [1.29, 1.82) is 0 Å². The molecule has 0 saturated heterocycles. The van der Waals surface area contributed by atoms with Gasteiger partial charge in [0.1, 0.15) is 18.3 Å². The predicted octanol–water partition coefficient (Wildman–Crippen LogP) is -2.93. The van der Waals surface area contributed by atoms with Gasteiger partial charge >= 0.3 is 11.9 Å². The van der Waals surface area contributed by atoms with Gasteiger partial charge in [0.2, 0.25) is 0 Å². The fraction of sp³-hybridized carbons (Fsp3) is 0.600. The van der Waals surface area contributed by atoms with Crippen LogP contribution in [0.15, 0.2) is 12.2 Å². The van der Waals surface area contributed by atoms with Crippen LogP contribution in [0.4, 0.5) is 0 Å². The number of carbonyl (C=O) groups excluding carboxylic acids is 2. The lowest BCUT2D eigenvalue weighted by Crippen LogP contribution is -2.49. The highest BCUT2D eigenvalue weighted by molar-refractivity contribution is 5.96. The molecule has 0 aliphatic heterocycles. The lowest BCUT2D eigenvalue weighted by molar-refractivity contribution is -0.175. The van der Waals surface area contributed by atoms with Gasteiger partial charge in [-0.25, -0.2) is 9.59 Å². The van der Waals surface area contributed by atoms with E-state index in [4.69, 9.17) is 10.2 Å². The zero-order valence-electron chi connectivity index (χ0n) is 9.68. The van der Waals surface area contributed by atoms with E-state index in [1.807, 2.05) is 0 Å². The maximum Gasteiger partial charge on any atom is 0.345 e. The summed E-state index contributed by atoms with van der Waals surface area (Å²) < 4.78 is 4.12. The molecule has 0 amide bonds. The Kier molecular flexibility index (Phi) is 6.66. The first kappa shape index (κ1) is 16.7. The van der Waals surface area contributed by atoms with E-state index >= 15 is 0 Å². The Hall–Kier alpha value is -1.32. The third-order valence-electron chi connectivity index (χ3n) is 2.04. The second kappa shape index (κ2) is 7.19. The minimum absolute atomic E-state index is 0.0963. The summed E-state index contributed by atoms with van der Waals surface area (Å²) in [6.45, 7) is 3.58. The Bertz CT molecular complexity index is 326.